The van der Waals surface area contributed by atoms with Crippen molar-refractivity contribution in [3.05, 3.63) is 40.9 Å². The second-order valence-electron chi connectivity index (χ2n) is 5.04. The number of morpholine rings is 1. The second-order valence-corrected chi connectivity index (χ2v) is 5.43. The van der Waals surface area contributed by atoms with Crippen LogP contribution in [0.2, 0.25) is 5.15 Å². The van der Waals surface area contributed by atoms with Gasteiger partial charge < -0.3 is 15.4 Å². The van der Waals surface area contributed by atoms with Crippen LogP contribution < -0.4 is 10.6 Å². The van der Waals surface area contributed by atoms with E-state index in [1.807, 2.05) is 6.07 Å². The van der Waals surface area contributed by atoms with Crippen LogP contribution in [0.4, 0.5) is 0 Å². The van der Waals surface area contributed by atoms with Crippen LogP contribution >= 0.6 is 11.6 Å². The van der Waals surface area contributed by atoms with Gasteiger partial charge in [-0.3, -0.25) is 4.79 Å². The number of rotatable bonds is 3. The lowest BCUT2D eigenvalue weighted by Gasteiger charge is -2.24. The van der Waals surface area contributed by atoms with Gasteiger partial charge in [-0.25, -0.2) is 15.0 Å². The molecule has 2 N–H and O–H groups in total. The third-order valence-electron chi connectivity index (χ3n) is 3.51. The predicted octanol–water partition coefficient (Wildman–Crippen LogP) is 1.21. The molecule has 7 nitrogen and oxygen atoms in total. The molecule has 1 fully saturated rings. The molecule has 8 heteroatoms. The molecule has 120 valence electrons. The van der Waals surface area contributed by atoms with Crippen LogP contribution in [0.25, 0.3) is 11.4 Å². The highest BCUT2D eigenvalue weighted by atomic mass is 35.5. The van der Waals surface area contributed by atoms with Crippen molar-refractivity contribution in [1.29, 1.82) is 0 Å². The summed E-state index contributed by atoms with van der Waals surface area (Å²) in [6.07, 6.45) is 1.25. The lowest BCUT2D eigenvalue weighted by Crippen LogP contribution is -2.33. The Balaban J connectivity index is 1.96. The third-order valence-corrected chi connectivity index (χ3v) is 3.70. The van der Waals surface area contributed by atoms with E-state index in [9.17, 15) is 4.79 Å². The number of aromatic nitrogens is 3. The van der Waals surface area contributed by atoms with E-state index in [0.29, 0.717) is 29.7 Å². The van der Waals surface area contributed by atoms with E-state index < -0.39 is 0 Å². The molecule has 0 aliphatic carbocycles. The molecule has 1 aliphatic rings. The summed E-state index contributed by atoms with van der Waals surface area (Å²) < 4.78 is 5.74. The van der Waals surface area contributed by atoms with E-state index in [4.69, 9.17) is 16.3 Å². The van der Waals surface area contributed by atoms with Crippen molar-refractivity contribution >= 4 is 17.5 Å². The van der Waals surface area contributed by atoms with Crippen molar-refractivity contribution in [3.63, 3.8) is 0 Å². The standard InChI is InChI=1S/C15H16ClN5O2/c1-17-15(22)12-6-10(19-8-20-12)11-4-9(5-14(16)21-11)13-7-18-2-3-23-13/h4-6,8,13,18H,2-3,7H2,1H3,(H,17,22). The van der Waals surface area contributed by atoms with Crippen LogP contribution in [0.1, 0.15) is 22.2 Å². The number of ether oxygens (including phenoxy) is 1. The zero-order valence-electron chi connectivity index (χ0n) is 12.5. The van der Waals surface area contributed by atoms with Crippen molar-refractivity contribution in [3.8, 4) is 11.4 Å². The molecule has 2 aromatic rings. The largest absolute Gasteiger partial charge is 0.371 e. The normalized spacial score (nSPS) is 17.7. The Morgan fingerprint density at radius 2 is 2.22 bits per heavy atom. The Morgan fingerprint density at radius 3 is 2.96 bits per heavy atom. The fraction of sp³-hybridized carbons (Fsp3) is 0.333. The smallest absolute Gasteiger partial charge is 0.269 e. The highest BCUT2D eigenvalue weighted by Crippen LogP contribution is 2.26. The Morgan fingerprint density at radius 1 is 1.35 bits per heavy atom. The van der Waals surface area contributed by atoms with Crippen LogP contribution in [-0.4, -0.2) is 47.6 Å². The number of nitrogens with zero attached hydrogens (tertiary/aromatic N) is 3. The maximum Gasteiger partial charge on any atom is 0.269 e. The first-order valence-electron chi connectivity index (χ1n) is 7.21. The molecular weight excluding hydrogens is 318 g/mol. The molecule has 1 saturated heterocycles. The van der Waals surface area contributed by atoms with E-state index in [1.165, 1.54) is 6.33 Å². The number of pyridine rings is 1. The summed E-state index contributed by atoms with van der Waals surface area (Å²) in [5, 5.41) is 6.16. The van der Waals surface area contributed by atoms with Crippen molar-refractivity contribution in [1.82, 2.24) is 25.6 Å². The molecule has 3 heterocycles. The van der Waals surface area contributed by atoms with E-state index in [0.717, 1.165) is 12.1 Å². The maximum absolute atomic E-state index is 11.7. The van der Waals surface area contributed by atoms with E-state index >= 15 is 0 Å². The molecule has 23 heavy (non-hydrogen) atoms. The van der Waals surface area contributed by atoms with Gasteiger partial charge >= 0.3 is 0 Å². The number of nitrogens with one attached hydrogen (secondary N) is 2. The van der Waals surface area contributed by atoms with Gasteiger partial charge in [-0.15, -0.1) is 0 Å². The molecule has 0 spiro atoms. The Kier molecular flexibility index (Phi) is 4.80. The van der Waals surface area contributed by atoms with Crippen LogP contribution in [-0.2, 0) is 4.74 Å². The fourth-order valence-corrected chi connectivity index (χ4v) is 2.58. The molecule has 3 rings (SSSR count). The first-order chi connectivity index (χ1) is 11.2. The lowest BCUT2D eigenvalue weighted by atomic mass is 10.1. The van der Waals surface area contributed by atoms with Crippen molar-refractivity contribution in [2.45, 2.75) is 6.10 Å². The number of hydrogen-bond acceptors (Lipinski definition) is 6. The van der Waals surface area contributed by atoms with Gasteiger partial charge in [0.1, 0.15) is 17.2 Å². The summed E-state index contributed by atoms with van der Waals surface area (Å²) in [6, 6.07) is 5.24. The number of carbonyl (C=O) groups excluding carboxylic acids is 1. The molecule has 2 aromatic heterocycles. The molecule has 0 bridgehead atoms. The van der Waals surface area contributed by atoms with Crippen molar-refractivity contribution in [2.24, 2.45) is 0 Å². The monoisotopic (exact) mass is 333 g/mol. The number of carbonyl (C=O) groups is 1. The summed E-state index contributed by atoms with van der Waals surface area (Å²) in [5.41, 5.74) is 2.31. The Hall–Kier alpha value is -2.09. The molecule has 0 aromatic carbocycles. The Bertz CT molecular complexity index is 719. The maximum atomic E-state index is 11.7. The van der Waals surface area contributed by atoms with Crippen LogP contribution in [0.3, 0.4) is 0 Å². The number of amides is 1. The highest BCUT2D eigenvalue weighted by Gasteiger charge is 2.18. The quantitative estimate of drug-likeness (QED) is 0.821. The number of hydrogen-bond donors (Lipinski definition) is 2. The van der Waals surface area contributed by atoms with Gasteiger partial charge in [-0.05, 0) is 23.8 Å². The minimum atomic E-state index is -0.282. The van der Waals surface area contributed by atoms with Gasteiger partial charge in [-0.2, -0.15) is 0 Å². The van der Waals surface area contributed by atoms with E-state index in [1.54, 1.807) is 19.2 Å². The van der Waals surface area contributed by atoms with Gasteiger partial charge in [0, 0.05) is 20.1 Å². The highest BCUT2D eigenvalue weighted by molar-refractivity contribution is 6.29. The van der Waals surface area contributed by atoms with Gasteiger partial charge in [0.25, 0.3) is 5.91 Å². The number of halogens is 1. The first-order valence-corrected chi connectivity index (χ1v) is 7.59. The molecular formula is C15H16ClN5O2. The van der Waals surface area contributed by atoms with E-state index in [-0.39, 0.29) is 17.7 Å². The van der Waals surface area contributed by atoms with Crippen LogP contribution in [0, 0.1) is 0 Å². The minimum Gasteiger partial charge on any atom is -0.371 e. The van der Waals surface area contributed by atoms with Crippen LogP contribution in [0.15, 0.2) is 24.5 Å². The summed E-state index contributed by atoms with van der Waals surface area (Å²) in [4.78, 5) is 24.1. The first kappa shape index (κ1) is 15.8. The fourth-order valence-electron chi connectivity index (χ4n) is 2.36. The summed E-state index contributed by atoms with van der Waals surface area (Å²) in [6.45, 7) is 2.20. The minimum absolute atomic E-state index is 0.0803. The lowest BCUT2D eigenvalue weighted by molar-refractivity contribution is 0.0277. The summed E-state index contributed by atoms with van der Waals surface area (Å²) >= 11 is 6.14. The molecule has 0 radical (unpaired) electrons. The predicted molar refractivity (Wildman–Crippen MR) is 85.2 cm³/mol. The van der Waals surface area contributed by atoms with Gasteiger partial charge in [0.05, 0.1) is 24.1 Å². The van der Waals surface area contributed by atoms with Crippen molar-refractivity contribution in [2.75, 3.05) is 26.7 Å². The second kappa shape index (κ2) is 6.99. The van der Waals surface area contributed by atoms with Crippen molar-refractivity contribution < 1.29 is 9.53 Å². The molecule has 0 saturated carbocycles. The third kappa shape index (κ3) is 3.64. The van der Waals surface area contributed by atoms with Gasteiger partial charge in [-0.1, -0.05) is 11.6 Å². The van der Waals surface area contributed by atoms with Gasteiger partial charge in [0.2, 0.25) is 0 Å². The van der Waals surface area contributed by atoms with Gasteiger partial charge in [0.15, 0.2) is 0 Å². The average Bonchev–Trinajstić information content (AvgIpc) is 2.61. The SMILES string of the molecule is CNC(=O)c1cc(-c2cc(C3CNCCO3)cc(Cl)n2)ncn1. The summed E-state index contributed by atoms with van der Waals surface area (Å²) in [7, 11) is 1.55. The van der Waals surface area contributed by atoms with E-state index in [2.05, 4.69) is 25.6 Å². The molecule has 1 atom stereocenters. The summed E-state index contributed by atoms with van der Waals surface area (Å²) in [5.74, 6) is -0.282. The topological polar surface area (TPSA) is 89.0 Å². The average molecular weight is 334 g/mol. The molecule has 1 unspecified atom stereocenters. The molecule has 1 aliphatic heterocycles. The Labute approximate surface area is 138 Å². The van der Waals surface area contributed by atoms with Crippen LogP contribution in [0.5, 0.6) is 0 Å². The zero-order chi connectivity index (χ0) is 16.2. The zero-order valence-corrected chi connectivity index (χ0v) is 13.3. The molecule has 1 amide bonds.